The highest BCUT2D eigenvalue weighted by molar-refractivity contribution is 7.97. The lowest BCUT2D eigenvalue weighted by Gasteiger charge is -2.13. The number of aryl methyl sites for hydroxylation is 2. The number of pyridine rings is 1. The number of nitrogens with zero attached hydrogens (tertiary/aromatic N) is 4. The van der Waals surface area contributed by atoms with Gasteiger partial charge in [0.15, 0.2) is 11.5 Å². The van der Waals surface area contributed by atoms with Gasteiger partial charge in [0.1, 0.15) is 5.56 Å². The molecule has 3 heterocycles. The number of nitrogens with one attached hydrogen (secondary N) is 3. The zero-order chi connectivity index (χ0) is 27.4. The Balaban J connectivity index is 1.79. The van der Waals surface area contributed by atoms with E-state index in [9.17, 15) is 22.8 Å². The minimum atomic E-state index is -4.65. The molecule has 0 saturated carbocycles. The molecule has 38 heavy (non-hydrogen) atoms. The van der Waals surface area contributed by atoms with Crippen molar-refractivity contribution in [2.45, 2.75) is 33.4 Å². The first-order chi connectivity index (χ1) is 18.0. The third kappa shape index (κ3) is 6.22. The van der Waals surface area contributed by atoms with Crippen molar-refractivity contribution in [3.63, 3.8) is 0 Å². The van der Waals surface area contributed by atoms with Crippen LogP contribution in [0.3, 0.4) is 0 Å². The van der Waals surface area contributed by atoms with Crippen molar-refractivity contribution in [1.82, 2.24) is 29.5 Å². The quantitative estimate of drug-likeness (QED) is 0.207. The van der Waals surface area contributed by atoms with Crippen LogP contribution in [0.2, 0.25) is 0 Å². The number of hydrogen-bond acceptors (Lipinski definition) is 7. The van der Waals surface area contributed by atoms with Crippen LogP contribution in [0, 0.1) is 13.8 Å². The van der Waals surface area contributed by atoms with Crippen LogP contribution >= 0.6 is 11.9 Å². The molecule has 1 aromatic carbocycles. The number of carbonyl (C=O) groups excluding carboxylic acids is 1. The highest BCUT2D eigenvalue weighted by Gasteiger charge is 2.34. The van der Waals surface area contributed by atoms with E-state index in [0.29, 0.717) is 17.0 Å². The molecule has 4 rings (SSSR count). The third-order valence-electron chi connectivity index (χ3n) is 5.27. The molecule has 9 nitrogen and oxygen atoms in total. The standard InChI is InChI=1S/C25H24F3N7O2S/c1-4-7-38-34-23(37)18-11-16(12-29-22(18)36)19-13-30-24(31-17-9-14(2)8-15(3)10-17)32-21(19)35-6-5-20(33-35)25(26,27)28/h5-6,8-13H,4,7H2,1-3H3,(H,29,36)(H,34,37)(H,30,31,32). The lowest BCUT2D eigenvalue weighted by molar-refractivity contribution is -0.141. The smallest absolute Gasteiger partial charge is 0.328 e. The van der Waals surface area contributed by atoms with Gasteiger partial charge >= 0.3 is 6.18 Å². The Labute approximate surface area is 220 Å². The maximum atomic E-state index is 13.3. The molecular weight excluding hydrogens is 519 g/mol. The molecule has 0 aliphatic carbocycles. The Bertz CT molecular complexity index is 1510. The molecular formula is C25H24F3N7O2S. The second-order valence-corrected chi connectivity index (χ2v) is 9.39. The fraction of sp³-hybridized carbons (Fsp3) is 0.240. The van der Waals surface area contributed by atoms with Crippen molar-refractivity contribution >= 4 is 29.5 Å². The van der Waals surface area contributed by atoms with E-state index in [0.717, 1.165) is 34.5 Å². The van der Waals surface area contributed by atoms with Crippen molar-refractivity contribution in [2.75, 3.05) is 11.1 Å². The molecule has 0 radical (unpaired) electrons. The van der Waals surface area contributed by atoms with Gasteiger partial charge in [0, 0.05) is 41.2 Å². The van der Waals surface area contributed by atoms with Gasteiger partial charge in [-0.05, 0) is 55.7 Å². The number of benzene rings is 1. The predicted molar refractivity (Wildman–Crippen MR) is 140 cm³/mol. The zero-order valence-electron chi connectivity index (χ0n) is 20.7. The Morgan fingerprint density at radius 1 is 1.16 bits per heavy atom. The van der Waals surface area contributed by atoms with Crippen molar-refractivity contribution in [2.24, 2.45) is 0 Å². The maximum Gasteiger partial charge on any atom is 0.435 e. The number of carbonyl (C=O) groups is 1. The van der Waals surface area contributed by atoms with Crippen LogP contribution in [0.15, 0.2) is 53.7 Å². The van der Waals surface area contributed by atoms with Gasteiger partial charge in [-0.2, -0.15) is 23.3 Å². The van der Waals surface area contributed by atoms with E-state index in [-0.39, 0.29) is 22.9 Å². The number of aromatic nitrogens is 5. The Morgan fingerprint density at radius 2 is 1.89 bits per heavy atom. The summed E-state index contributed by atoms with van der Waals surface area (Å²) in [7, 11) is 0. The van der Waals surface area contributed by atoms with Gasteiger partial charge < -0.3 is 10.3 Å². The molecule has 0 atom stereocenters. The van der Waals surface area contributed by atoms with Gasteiger partial charge in [0.2, 0.25) is 5.95 Å². The highest BCUT2D eigenvalue weighted by atomic mass is 32.2. The van der Waals surface area contributed by atoms with Crippen LogP contribution in [-0.4, -0.2) is 36.4 Å². The number of rotatable bonds is 8. The summed E-state index contributed by atoms with van der Waals surface area (Å²) in [6, 6.07) is 7.92. The fourth-order valence-corrected chi connectivity index (χ4v) is 4.21. The molecule has 1 amide bonds. The summed E-state index contributed by atoms with van der Waals surface area (Å²) < 4.78 is 43.5. The second-order valence-electron chi connectivity index (χ2n) is 8.49. The average molecular weight is 544 g/mol. The molecule has 3 aromatic heterocycles. The largest absolute Gasteiger partial charge is 0.435 e. The van der Waals surface area contributed by atoms with Crippen molar-refractivity contribution in [1.29, 1.82) is 0 Å². The maximum absolute atomic E-state index is 13.3. The normalized spacial score (nSPS) is 11.4. The van der Waals surface area contributed by atoms with E-state index in [4.69, 9.17) is 0 Å². The average Bonchev–Trinajstić information content (AvgIpc) is 3.35. The van der Waals surface area contributed by atoms with Crippen molar-refractivity contribution < 1.29 is 18.0 Å². The molecule has 0 unspecified atom stereocenters. The lowest BCUT2D eigenvalue weighted by atomic mass is 10.1. The van der Waals surface area contributed by atoms with Crippen LogP contribution in [0.5, 0.6) is 0 Å². The van der Waals surface area contributed by atoms with Crippen LogP contribution in [-0.2, 0) is 6.18 Å². The van der Waals surface area contributed by atoms with E-state index >= 15 is 0 Å². The number of H-pyrrole nitrogens is 1. The third-order valence-corrected chi connectivity index (χ3v) is 6.22. The van der Waals surface area contributed by atoms with Crippen LogP contribution < -0.4 is 15.6 Å². The van der Waals surface area contributed by atoms with Gasteiger partial charge in [-0.25, -0.2) is 9.67 Å². The summed E-state index contributed by atoms with van der Waals surface area (Å²) >= 11 is 1.17. The van der Waals surface area contributed by atoms with Crippen LogP contribution in [0.1, 0.15) is 40.5 Å². The summed E-state index contributed by atoms with van der Waals surface area (Å²) in [4.78, 5) is 36.2. The summed E-state index contributed by atoms with van der Waals surface area (Å²) in [6.45, 7) is 5.81. The van der Waals surface area contributed by atoms with E-state index in [1.807, 2.05) is 39.0 Å². The second kappa shape index (κ2) is 11.1. The molecule has 3 N–H and O–H groups in total. The molecule has 4 aromatic rings. The summed E-state index contributed by atoms with van der Waals surface area (Å²) in [5, 5.41) is 6.73. The Kier molecular flexibility index (Phi) is 7.86. The number of alkyl halides is 3. The molecule has 0 saturated heterocycles. The van der Waals surface area contributed by atoms with E-state index < -0.39 is 23.3 Å². The summed E-state index contributed by atoms with van der Waals surface area (Å²) in [5.74, 6) is 0.203. The zero-order valence-corrected chi connectivity index (χ0v) is 21.5. The highest BCUT2D eigenvalue weighted by Crippen LogP contribution is 2.30. The van der Waals surface area contributed by atoms with E-state index in [1.54, 1.807) is 0 Å². The Hall–Kier alpha value is -4.13. The first kappa shape index (κ1) is 26.9. The minimum Gasteiger partial charge on any atom is -0.328 e. The number of hydrogen-bond donors (Lipinski definition) is 3. The molecule has 0 aliphatic heterocycles. The number of halogens is 3. The Morgan fingerprint density at radius 3 is 2.55 bits per heavy atom. The van der Waals surface area contributed by atoms with Gasteiger partial charge in [0.05, 0.1) is 0 Å². The van der Waals surface area contributed by atoms with Gasteiger partial charge in [-0.3, -0.25) is 14.3 Å². The summed E-state index contributed by atoms with van der Waals surface area (Å²) in [6.07, 6.45) is 0.0391. The predicted octanol–water partition coefficient (Wildman–Crippen LogP) is 5.18. The van der Waals surface area contributed by atoms with Crippen LogP contribution in [0.25, 0.3) is 16.9 Å². The first-order valence-electron chi connectivity index (χ1n) is 11.6. The van der Waals surface area contributed by atoms with Gasteiger partial charge in [0.25, 0.3) is 11.5 Å². The van der Waals surface area contributed by atoms with Crippen LogP contribution in [0.4, 0.5) is 24.8 Å². The molecule has 0 spiro atoms. The molecule has 0 aliphatic rings. The monoisotopic (exact) mass is 543 g/mol. The van der Waals surface area contributed by atoms with Gasteiger partial charge in [-0.1, -0.05) is 24.9 Å². The molecule has 13 heteroatoms. The number of aromatic amines is 1. The van der Waals surface area contributed by atoms with Crippen molar-refractivity contribution in [3.8, 4) is 16.9 Å². The number of anilines is 2. The van der Waals surface area contributed by atoms with E-state index in [1.165, 1.54) is 30.4 Å². The molecule has 0 bridgehead atoms. The summed E-state index contributed by atoms with van der Waals surface area (Å²) in [5.41, 5.74) is 1.39. The fourth-order valence-electron chi connectivity index (χ4n) is 3.66. The first-order valence-corrected chi connectivity index (χ1v) is 12.5. The van der Waals surface area contributed by atoms with Gasteiger partial charge in [-0.15, -0.1) is 0 Å². The topological polar surface area (TPSA) is 118 Å². The minimum absolute atomic E-state index is 0.0149. The number of amides is 1. The van der Waals surface area contributed by atoms with Crippen molar-refractivity contribution in [3.05, 3.63) is 81.7 Å². The van der Waals surface area contributed by atoms with E-state index in [2.05, 4.69) is 30.1 Å². The molecule has 0 fully saturated rings. The molecule has 198 valence electrons. The lowest BCUT2D eigenvalue weighted by Crippen LogP contribution is -2.25. The SMILES string of the molecule is CCCSNC(=O)c1cc(-c2cnc(Nc3cc(C)cc(C)c3)nc2-n2ccc(C(F)(F)F)n2)c[nH]c1=O.